The Kier molecular flexibility index (Phi) is 8.53. The van der Waals surface area contributed by atoms with E-state index in [4.69, 9.17) is 4.52 Å². The molecule has 0 aliphatic rings. The molecule has 0 radical (unpaired) electrons. The van der Waals surface area contributed by atoms with Crippen molar-refractivity contribution in [3.63, 3.8) is 0 Å². The summed E-state index contributed by atoms with van der Waals surface area (Å²) >= 11 is 3.02. The highest BCUT2D eigenvalue weighted by Crippen LogP contribution is 2.72. The molecule has 0 N–H and O–H groups in total. The van der Waals surface area contributed by atoms with Crippen molar-refractivity contribution in [1.29, 1.82) is 0 Å². The standard InChI is InChI=1S/C10H23O2PS2/c1-6-9(4)14-13(11,12-8-3)15-10(5)7-2/h9-10H,6-8H2,1-5H3/t9-,10-/m1/s1. The second-order valence-corrected chi connectivity index (χ2v) is 11.5. The second kappa shape index (κ2) is 8.05. The summed E-state index contributed by atoms with van der Waals surface area (Å²) in [4.78, 5) is 0. The van der Waals surface area contributed by atoms with Crippen LogP contribution in [0.25, 0.3) is 0 Å². The maximum Gasteiger partial charge on any atom is 0.313 e. The van der Waals surface area contributed by atoms with Crippen LogP contribution < -0.4 is 0 Å². The van der Waals surface area contributed by atoms with E-state index >= 15 is 0 Å². The molecule has 0 aromatic rings. The summed E-state index contributed by atoms with van der Waals surface area (Å²) < 4.78 is 17.9. The summed E-state index contributed by atoms with van der Waals surface area (Å²) in [6.07, 6.45) is 2.06. The summed E-state index contributed by atoms with van der Waals surface area (Å²) in [6, 6.07) is 0. The smallest absolute Gasteiger partial charge is 0.313 e. The molecule has 15 heavy (non-hydrogen) atoms. The Morgan fingerprint density at radius 2 is 1.47 bits per heavy atom. The lowest BCUT2D eigenvalue weighted by Crippen LogP contribution is -1.98. The van der Waals surface area contributed by atoms with Crippen molar-refractivity contribution in [2.75, 3.05) is 6.61 Å². The third-order valence-corrected chi connectivity index (χ3v) is 10.4. The summed E-state index contributed by atoms with van der Waals surface area (Å²) in [5.41, 5.74) is 0. The number of rotatable bonds is 8. The van der Waals surface area contributed by atoms with Crippen molar-refractivity contribution < 1.29 is 9.09 Å². The molecule has 2 nitrogen and oxygen atoms in total. The van der Waals surface area contributed by atoms with Crippen molar-refractivity contribution >= 4 is 28.5 Å². The van der Waals surface area contributed by atoms with Crippen molar-refractivity contribution in [2.24, 2.45) is 0 Å². The van der Waals surface area contributed by atoms with Crippen LogP contribution in [0.2, 0.25) is 0 Å². The SMILES string of the molecule is CCOP(=O)(S[C@H](C)CC)S[C@H](C)CC. The molecule has 2 atom stereocenters. The Balaban J connectivity index is 4.37. The van der Waals surface area contributed by atoms with Crippen LogP contribution in [-0.2, 0) is 9.09 Å². The van der Waals surface area contributed by atoms with Gasteiger partial charge in [0.15, 0.2) is 0 Å². The zero-order chi connectivity index (χ0) is 11.9. The Morgan fingerprint density at radius 3 is 1.73 bits per heavy atom. The first-order chi connectivity index (χ1) is 6.97. The normalized spacial score (nSPS) is 16.3. The van der Waals surface area contributed by atoms with Gasteiger partial charge in [0, 0.05) is 10.5 Å². The quantitative estimate of drug-likeness (QED) is 0.567. The predicted octanol–water partition coefficient (Wildman–Crippen LogP) is 5.19. The molecule has 0 rings (SSSR count). The monoisotopic (exact) mass is 270 g/mol. The molecular weight excluding hydrogens is 247 g/mol. The molecular formula is C10H23O2PS2. The third kappa shape index (κ3) is 6.93. The molecule has 0 bridgehead atoms. The molecule has 0 saturated carbocycles. The van der Waals surface area contributed by atoms with Crippen LogP contribution in [0.5, 0.6) is 0 Å². The first-order valence-electron chi connectivity index (χ1n) is 5.58. The highest BCUT2D eigenvalue weighted by Gasteiger charge is 2.28. The molecule has 0 aliphatic carbocycles. The molecule has 0 fully saturated rings. The van der Waals surface area contributed by atoms with E-state index in [0.29, 0.717) is 17.1 Å². The van der Waals surface area contributed by atoms with Gasteiger partial charge in [0.25, 0.3) is 0 Å². The lowest BCUT2D eigenvalue weighted by atomic mass is 10.4. The number of hydrogen-bond donors (Lipinski definition) is 0. The first-order valence-corrected chi connectivity index (χ1v) is 10.2. The molecule has 0 aromatic carbocycles. The fraction of sp³-hybridized carbons (Fsp3) is 1.00. The van der Waals surface area contributed by atoms with E-state index in [2.05, 4.69) is 27.7 Å². The van der Waals surface area contributed by atoms with Crippen molar-refractivity contribution in [2.45, 2.75) is 58.0 Å². The van der Waals surface area contributed by atoms with Crippen molar-refractivity contribution in [3.05, 3.63) is 0 Å². The maximum atomic E-state index is 12.5. The Hall–Kier alpha value is 0.890. The average Bonchev–Trinajstić information content (AvgIpc) is 2.17. The fourth-order valence-corrected chi connectivity index (χ4v) is 10.3. The van der Waals surface area contributed by atoms with E-state index in [0.717, 1.165) is 12.8 Å². The van der Waals surface area contributed by atoms with E-state index in [9.17, 15) is 4.57 Å². The molecule has 0 spiro atoms. The maximum absolute atomic E-state index is 12.5. The summed E-state index contributed by atoms with van der Waals surface area (Å²) in [5.74, 6) is -2.53. The van der Waals surface area contributed by atoms with Gasteiger partial charge in [0.05, 0.1) is 6.61 Å². The van der Waals surface area contributed by atoms with Crippen LogP contribution >= 0.6 is 28.5 Å². The van der Waals surface area contributed by atoms with Gasteiger partial charge >= 0.3 is 5.77 Å². The number of hydrogen-bond acceptors (Lipinski definition) is 4. The Bertz CT molecular complexity index is 196. The average molecular weight is 270 g/mol. The molecule has 92 valence electrons. The molecule has 0 aromatic heterocycles. The minimum Gasteiger partial charge on any atom is -0.314 e. The molecule has 0 saturated heterocycles. The highest BCUT2D eigenvalue weighted by atomic mass is 33.1. The van der Waals surface area contributed by atoms with E-state index in [-0.39, 0.29) is 0 Å². The van der Waals surface area contributed by atoms with Crippen LogP contribution in [0.15, 0.2) is 0 Å². The van der Waals surface area contributed by atoms with Gasteiger partial charge in [0.2, 0.25) is 0 Å². The lowest BCUT2D eigenvalue weighted by Gasteiger charge is -2.21. The van der Waals surface area contributed by atoms with E-state index in [1.807, 2.05) is 6.92 Å². The topological polar surface area (TPSA) is 26.3 Å². The van der Waals surface area contributed by atoms with Crippen molar-refractivity contribution in [3.8, 4) is 0 Å². The minimum absolute atomic E-state index is 0.402. The molecule has 0 amide bonds. The van der Waals surface area contributed by atoms with Gasteiger partial charge in [0.1, 0.15) is 0 Å². The first kappa shape index (κ1) is 15.9. The van der Waals surface area contributed by atoms with Crippen molar-refractivity contribution in [1.82, 2.24) is 0 Å². The Labute approximate surface area is 102 Å². The summed E-state index contributed by atoms with van der Waals surface area (Å²) in [6.45, 7) is 10.9. The third-order valence-electron chi connectivity index (χ3n) is 2.06. The van der Waals surface area contributed by atoms with Gasteiger partial charge in [-0.25, -0.2) is 0 Å². The van der Waals surface area contributed by atoms with Crippen LogP contribution in [0.3, 0.4) is 0 Å². The summed E-state index contributed by atoms with van der Waals surface area (Å²) in [7, 11) is 0. The van der Waals surface area contributed by atoms with Gasteiger partial charge in [-0.1, -0.05) is 50.5 Å². The van der Waals surface area contributed by atoms with E-state index in [1.54, 1.807) is 0 Å². The van der Waals surface area contributed by atoms with Crippen LogP contribution in [0.4, 0.5) is 0 Å². The Morgan fingerprint density at radius 1 is 1.07 bits per heavy atom. The zero-order valence-corrected chi connectivity index (χ0v) is 12.9. The second-order valence-electron chi connectivity index (χ2n) is 3.51. The van der Waals surface area contributed by atoms with Crippen LogP contribution in [0.1, 0.15) is 47.5 Å². The van der Waals surface area contributed by atoms with Crippen LogP contribution in [0, 0.1) is 0 Å². The van der Waals surface area contributed by atoms with E-state index in [1.165, 1.54) is 22.8 Å². The predicted molar refractivity (Wildman–Crippen MR) is 73.9 cm³/mol. The lowest BCUT2D eigenvalue weighted by molar-refractivity contribution is 0.357. The highest BCUT2D eigenvalue weighted by molar-refractivity contribution is 8.89. The largest absolute Gasteiger partial charge is 0.314 e. The van der Waals surface area contributed by atoms with E-state index < -0.39 is 5.77 Å². The van der Waals surface area contributed by atoms with Crippen LogP contribution in [-0.4, -0.2) is 17.1 Å². The minimum atomic E-state index is -2.53. The summed E-state index contributed by atoms with van der Waals surface area (Å²) in [5, 5.41) is 0.804. The molecule has 0 aliphatic heterocycles. The van der Waals surface area contributed by atoms with Gasteiger partial charge in [-0.3, -0.25) is 4.57 Å². The van der Waals surface area contributed by atoms with Gasteiger partial charge in [-0.15, -0.1) is 0 Å². The van der Waals surface area contributed by atoms with Gasteiger partial charge in [-0.2, -0.15) is 0 Å². The molecule has 5 heteroatoms. The fourth-order valence-electron chi connectivity index (χ4n) is 0.834. The molecule has 0 unspecified atom stereocenters. The molecule has 0 heterocycles. The van der Waals surface area contributed by atoms with Gasteiger partial charge in [-0.05, 0) is 19.8 Å². The zero-order valence-electron chi connectivity index (χ0n) is 10.4. The van der Waals surface area contributed by atoms with Gasteiger partial charge < -0.3 is 4.52 Å².